The zero-order valence-corrected chi connectivity index (χ0v) is 14.0. The molecule has 136 valence electrons. The number of tetrazole rings is 1. The fourth-order valence-corrected chi connectivity index (χ4v) is 2.47. The lowest BCUT2D eigenvalue weighted by Gasteiger charge is -2.10. The molecule has 0 spiro atoms. The number of carbonyl (C=O) groups is 1. The number of rotatable bonds is 4. The van der Waals surface area contributed by atoms with Crippen LogP contribution in [0, 0.1) is 18.3 Å². The molecule has 1 atom stereocenters. The molecule has 2 aromatic carbocycles. The molecule has 0 saturated heterocycles. The lowest BCUT2D eigenvalue weighted by Crippen LogP contribution is -2.17. The molecular weight excluding hydrogens is 359 g/mol. The highest BCUT2D eigenvalue weighted by atomic mass is 19.4. The number of halogens is 3. The van der Waals surface area contributed by atoms with E-state index in [1.165, 1.54) is 4.68 Å². The smallest absolute Gasteiger partial charge is 0.292 e. The molecule has 3 aromatic rings. The molecule has 3 rings (SSSR count). The zero-order chi connectivity index (χ0) is 19.6. The molecule has 0 radical (unpaired) electrons. The Hall–Kier alpha value is -3.54. The first-order chi connectivity index (χ1) is 12.8. The third kappa shape index (κ3) is 3.69. The van der Waals surface area contributed by atoms with E-state index in [2.05, 4.69) is 15.5 Å². The fraction of sp³-hybridized carbons (Fsp3) is 0.167. The molecule has 0 unspecified atom stereocenters. The first-order valence-corrected chi connectivity index (χ1v) is 7.77. The Morgan fingerprint density at radius 2 is 1.74 bits per heavy atom. The van der Waals surface area contributed by atoms with Gasteiger partial charge in [-0.2, -0.15) is 23.1 Å². The predicted molar refractivity (Wildman–Crippen MR) is 88.0 cm³/mol. The second-order valence-corrected chi connectivity index (χ2v) is 5.79. The van der Waals surface area contributed by atoms with Gasteiger partial charge in [-0.05, 0) is 41.6 Å². The van der Waals surface area contributed by atoms with Crippen LogP contribution in [-0.4, -0.2) is 26.0 Å². The number of nitriles is 1. The van der Waals surface area contributed by atoms with Crippen LogP contribution in [0.25, 0.3) is 5.69 Å². The SMILES string of the molecule is Cc1ccc(-n2nnnc2[C@H](C#N)C(=O)c2ccc(C(F)(F)F)cc2)cc1. The van der Waals surface area contributed by atoms with Crippen molar-refractivity contribution in [3.05, 3.63) is 71.0 Å². The summed E-state index contributed by atoms with van der Waals surface area (Å²) < 4.78 is 39.3. The summed E-state index contributed by atoms with van der Waals surface area (Å²) in [7, 11) is 0. The van der Waals surface area contributed by atoms with Crippen LogP contribution in [0.3, 0.4) is 0 Å². The van der Waals surface area contributed by atoms with E-state index in [1.54, 1.807) is 12.1 Å². The van der Waals surface area contributed by atoms with E-state index in [4.69, 9.17) is 0 Å². The molecule has 0 saturated carbocycles. The van der Waals surface area contributed by atoms with Gasteiger partial charge in [0.2, 0.25) is 0 Å². The highest BCUT2D eigenvalue weighted by Crippen LogP contribution is 2.30. The largest absolute Gasteiger partial charge is 0.416 e. The van der Waals surface area contributed by atoms with Gasteiger partial charge < -0.3 is 0 Å². The summed E-state index contributed by atoms with van der Waals surface area (Å²) in [5, 5.41) is 20.6. The van der Waals surface area contributed by atoms with E-state index >= 15 is 0 Å². The maximum absolute atomic E-state index is 12.7. The Kier molecular flexibility index (Phi) is 4.73. The molecule has 0 aliphatic rings. The topological polar surface area (TPSA) is 84.5 Å². The van der Waals surface area contributed by atoms with Crippen LogP contribution in [-0.2, 0) is 6.18 Å². The molecule has 6 nitrogen and oxygen atoms in total. The minimum absolute atomic E-state index is 0.00810. The van der Waals surface area contributed by atoms with Gasteiger partial charge in [0.25, 0.3) is 0 Å². The number of hydrogen-bond donors (Lipinski definition) is 0. The van der Waals surface area contributed by atoms with Gasteiger partial charge in [0.1, 0.15) is 0 Å². The molecule has 1 aromatic heterocycles. The summed E-state index contributed by atoms with van der Waals surface area (Å²) in [5.41, 5.74) is 0.650. The third-order valence-electron chi connectivity index (χ3n) is 3.92. The number of hydrogen-bond acceptors (Lipinski definition) is 5. The molecular formula is C18H12F3N5O. The zero-order valence-electron chi connectivity index (χ0n) is 14.0. The highest BCUT2D eigenvalue weighted by Gasteiger charge is 2.32. The lowest BCUT2D eigenvalue weighted by atomic mass is 9.97. The van der Waals surface area contributed by atoms with Crippen LogP contribution in [0.1, 0.15) is 33.2 Å². The molecule has 0 aliphatic heterocycles. The number of benzene rings is 2. The Morgan fingerprint density at radius 1 is 1.11 bits per heavy atom. The maximum atomic E-state index is 12.7. The Bertz CT molecular complexity index is 1000. The van der Waals surface area contributed by atoms with Crippen molar-refractivity contribution in [2.75, 3.05) is 0 Å². The van der Waals surface area contributed by atoms with Crippen molar-refractivity contribution < 1.29 is 18.0 Å². The fourth-order valence-electron chi connectivity index (χ4n) is 2.47. The van der Waals surface area contributed by atoms with E-state index < -0.39 is 23.4 Å². The monoisotopic (exact) mass is 371 g/mol. The van der Waals surface area contributed by atoms with Crippen molar-refractivity contribution in [1.82, 2.24) is 20.2 Å². The standard InChI is InChI=1S/C18H12F3N5O/c1-11-2-8-14(9-3-11)26-17(23-24-25-26)15(10-22)16(27)12-4-6-13(7-5-12)18(19,20)21/h2-9,15H,1H3/t15-/m1/s1. The average molecular weight is 371 g/mol. The minimum atomic E-state index is -4.51. The van der Waals surface area contributed by atoms with Crippen LogP contribution < -0.4 is 0 Å². The van der Waals surface area contributed by atoms with E-state index in [0.717, 1.165) is 29.8 Å². The average Bonchev–Trinajstić information content (AvgIpc) is 3.11. The van der Waals surface area contributed by atoms with Crippen molar-refractivity contribution in [3.63, 3.8) is 0 Å². The van der Waals surface area contributed by atoms with Crippen LogP contribution >= 0.6 is 0 Å². The number of alkyl halides is 3. The Labute approximate surface area is 151 Å². The van der Waals surface area contributed by atoms with Crippen molar-refractivity contribution in [3.8, 4) is 11.8 Å². The number of nitrogens with zero attached hydrogens (tertiary/aromatic N) is 5. The molecule has 0 amide bonds. The van der Waals surface area contributed by atoms with Crippen molar-refractivity contribution in [1.29, 1.82) is 5.26 Å². The minimum Gasteiger partial charge on any atom is -0.292 e. The van der Waals surface area contributed by atoms with Gasteiger partial charge in [0.05, 0.1) is 17.3 Å². The summed E-state index contributed by atoms with van der Waals surface area (Å²) in [6, 6.07) is 12.6. The molecule has 0 bridgehead atoms. The van der Waals surface area contributed by atoms with Crippen LogP contribution in [0.4, 0.5) is 13.2 Å². The molecule has 0 fully saturated rings. The van der Waals surface area contributed by atoms with Crippen molar-refractivity contribution >= 4 is 5.78 Å². The first kappa shape index (κ1) is 18.3. The number of Topliss-reactive ketones (excluding diaryl/α,β-unsaturated/α-hetero) is 1. The van der Waals surface area contributed by atoms with E-state index in [9.17, 15) is 23.2 Å². The molecule has 0 aliphatic carbocycles. The van der Waals surface area contributed by atoms with Gasteiger partial charge in [-0.25, -0.2) is 0 Å². The summed E-state index contributed by atoms with van der Waals surface area (Å²) in [5.74, 6) is -2.06. The van der Waals surface area contributed by atoms with Crippen LogP contribution in [0.2, 0.25) is 0 Å². The van der Waals surface area contributed by atoms with Gasteiger partial charge >= 0.3 is 6.18 Å². The van der Waals surface area contributed by atoms with Crippen LogP contribution in [0.15, 0.2) is 48.5 Å². The molecule has 0 N–H and O–H groups in total. The summed E-state index contributed by atoms with van der Waals surface area (Å²) >= 11 is 0. The van der Waals surface area contributed by atoms with Gasteiger partial charge in [-0.15, -0.1) is 5.10 Å². The van der Waals surface area contributed by atoms with Crippen LogP contribution in [0.5, 0.6) is 0 Å². The Morgan fingerprint density at radius 3 is 2.30 bits per heavy atom. The summed E-state index contributed by atoms with van der Waals surface area (Å²) in [6.07, 6.45) is -4.51. The highest BCUT2D eigenvalue weighted by molar-refractivity contribution is 6.02. The van der Waals surface area contributed by atoms with Gasteiger partial charge in [-0.1, -0.05) is 29.8 Å². The van der Waals surface area contributed by atoms with Crippen molar-refractivity contribution in [2.45, 2.75) is 19.0 Å². The summed E-state index contributed by atoms with van der Waals surface area (Å²) in [4.78, 5) is 12.7. The second kappa shape index (κ2) is 6.99. The normalized spacial score (nSPS) is 12.4. The number of ketones is 1. The molecule has 9 heteroatoms. The van der Waals surface area contributed by atoms with E-state index in [1.807, 2.05) is 25.1 Å². The molecule has 1 heterocycles. The first-order valence-electron chi connectivity index (χ1n) is 7.77. The Balaban J connectivity index is 1.94. The van der Waals surface area contributed by atoms with E-state index in [-0.39, 0.29) is 11.4 Å². The van der Waals surface area contributed by atoms with Crippen molar-refractivity contribution in [2.24, 2.45) is 0 Å². The number of carbonyl (C=O) groups excluding carboxylic acids is 1. The molecule has 27 heavy (non-hydrogen) atoms. The van der Waals surface area contributed by atoms with Gasteiger partial charge in [0, 0.05) is 5.56 Å². The number of aromatic nitrogens is 4. The summed E-state index contributed by atoms with van der Waals surface area (Å²) in [6.45, 7) is 1.90. The third-order valence-corrected chi connectivity index (χ3v) is 3.92. The second-order valence-electron chi connectivity index (χ2n) is 5.79. The van der Waals surface area contributed by atoms with Gasteiger partial charge in [0.15, 0.2) is 17.5 Å². The lowest BCUT2D eigenvalue weighted by molar-refractivity contribution is -0.137. The number of aryl methyl sites for hydroxylation is 1. The van der Waals surface area contributed by atoms with E-state index in [0.29, 0.717) is 5.69 Å². The quantitative estimate of drug-likeness (QED) is 0.656. The van der Waals surface area contributed by atoms with Gasteiger partial charge in [-0.3, -0.25) is 4.79 Å². The predicted octanol–water partition coefficient (Wildman–Crippen LogP) is 3.48. The maximum Gasteiger partial charge on any atom is 0.416 e.